The normalized spacial score (nSPS) is 19.9. The van der Waals surface area contributed by atoms with E-state index in [0.29, 0.717) is 32.6 Å². The molecule has 1 unspecified atom stereocenters. The molecule has 104 valence electrons. The molecule has 0 saturated carbocycles. The molecule has 1 rings (SSSR count). The molecule has 6 heteroatoms. The number of rotatable bonds is 5. The first-order valence-corrected chi connectivity index (χ1v) is 6.19. The molecule has 1 heterocycles. The quantitative estimate of drug-likeness (QED) is 0.659. The van der Waals surface area contributed by atoms with Crippen molar-refractivity contribution in [3.63, 3.8) is 0 Å². The first-order chi connectivity index (χ1) is 8.55. The van der Waals surface area contributed by atoms with Crippen LogP contribution in [-0.2, 0) is 19.1 Å². The molecular formula is C12H22N2O4. The molecule has 6 nitrogen and oxygen atoms in total. The molecule has 0 bridgehead atoms. The lowest BCUT2D eigenvalue weighted by molar-refractivity contribution is -0.145. The number of nitrogens with two attached hydrogens (primary N) is 1. The van der Waals surface area contributed by atoms with Crippen molar-refractivity contribution in [3.05, 3.63) is 0 Å². The molecular weight excluding hydrogens is 236 g/mol. The van der Waals surface area contributed by atoms with E-state index in [2.05, 4.69) is 10.1 Å². The minimum absolute atomic E-state index is 0.0935. The standard InChI is InChI=1S/C12H22N2O4/c1-9(10(15)17-2)7-14-11(16)12(8-13)3-5-18-6-4-12/h9H,3-8,13H2,1-2H3,(H,14,16). The van der Waals surface area contributed by atoms with Gasteiger partial charge in [-0.25, -0.2) is 0 Å². The van der Waals surface area contributed by atoms with Gasteiger partial charge in [-0.05, 0) is 12.8 Å². The Morgan fingerprint density at radius 2 is 2.06 bits per heavy atom. The molecule has 1 amide bonds. The van der Waals surface area contributed by atoms with Crippen LogP contribution in [0.2, 0.25) is 0 Å². The predicted molar refractivity (Wildman–Crippen MR) is 65.7 cm³/mol. The lowest BCUT2D eigenvalue weighted by atomic mass is 9.79. The second-order valence-corrected chi connectivity index (χ2v) is 4.73. The van der Waals surface area contributed by atoms with Crippen LogP contribution in [0.15, 0.2) is 0 Å². The summed E-state index contributed by atoms with van der Waals surface area (Å²) >= 11 is 0. The van der Waals surface area contributed by atoms with E-state index in [-0.39, 0.29) is 24.3 Å². The largest absolute Gasteiger partial charge is 0.469 e. The molecule has 0 aromatic carbocycles. The summed E-state index contributed by atoms with van der Waals surface area (Å²) in [5, 5.41) is 2.78. The monoisotopic (exact) mass is 258 g/mol. The van der Waals surface area contributed by atoms with Crippen molar-refractivity contribution in [3.8, 4) is 0 Å². The Hall–Kier alpha value is -1.14. The summed E-state index contributed by atoms with van der Waals surface area (Å²) in [4.78, 5) is 23.4. The average molecular weight is 258 g/mol. The van der Waals surface area contributed by atoms with Crippen LogP contribution in [-0.4, -0.2) is 45.3 Å². The molecule has 1 aliphatic rings. The minimum atomic E-state index is -0.548. The third-order valence-corrected chi connectivity index (χ3v) is 3.49. The van der Waals surface area contributed by atoms with Crippen molar-refractivity contribution in [1.82, 2.24) is 5.32 Å². The van der Waals surface area contributed by atoms with Gasteiger partial charge in [0.15, 0.2) is 0 Å². The zero-order valence-corrected chi connectivity index (χ0v) is 11.0. The molecule has 1 aliphatic heterocycles. The summed E-state index contributed by atoms with van der Waals surface area (Å²) < 4.78 is 9.85. The second kappa shape index (κ2) is 6.70. The van der Waals surface area contributed by atoms with E-state index in [0.717, 1.165) is 0 Å². The SMILES string of the molecule is COC(=O)C(C)CNC(=O)C1(CN)CCOCC1. The Morgan fingerprint density at radius 3 is 2.56 bits per heavy atom. The minimum Gasteiger partial charge on any atom is -0.469 e. The summed E-state index contributed by atoms with van der Waals surface area (Å²) in [6.45, 7) is 3.39. The number of carbonyl (C=O) groups excluding carboxylic acids is 2. The maximum atomic E-state index is 12.2. The zero-order chi connectivity index (χ0) is 13.6. The summed E-state index contributed by atoms with van der Waals surface area (Å²) in [7, 11) is 1.33. The van der Waals surface area contributed by atoms with E-state index in [1.807, 2.05) is 0 Å². The number of hydrogen-bond donors (Lipinski definition) is 2. The lowest BCUT2D eigenvalue weighted by Crippen LogP contribution is -2.50. The van der Waals surface area contributed by atoms with Crippen molar-refractivity contribution < 1.29 is 19.1 Å². The van der Waals surface area contributed by atoms with Crippen molar-refractivity contribution >= 4 is 11.9 Å². The topological polar surface area (TPSA) is 90.7 Å². The van der Waals surface area contributed by atoms with Gasteiger partial charge in [-0.15, -0.1) is 0 Å². The van der Waals surface area contributed by atoms with Crippen LogP contribution in [0.3, 0.4) is 0 Å². The molecule has 1 atom stereocenters. The van der Waals surface area contributed by atoms with Crippen LogP contribution in [0.4, 0.5) is 0 Å². The molecule has 3 N–H and O–H groups in total. The van der Waals surface area contributed by atoms with Gasteiger partial charge in [-0.1, -0.05) is 6.92 Å². The molecule has 0 radical (unpaired) electrons. The number of methoxy groups -OCH3 is 1. The summed E-state index contributed by atoms with van der Waals surface area (Å²) in [6.07, 6.45) is 1.25. The molecule has 0 spiro atoms. The van der Waals surface area contributed by atoms with Crippen molar-refractivity contribution in [1.29, 1.82) is 0 Å². The molecule has 1 saturated heterocycles. The van der Waals surface area contributed by atoms with Gasteiger partial charge in [0, 0.05) is 26.3 Å². The van der Waals surface area contributed by atoms with Gasteiger partial charge in [0.1, 0.15) is 0 Å². The lowest BCUT2D eigenvalue weighted by Gasteiger charge is -2.34. The van der Waals surface area contributed by atoms with Gasteiger partial charge in [-0.3, -0.25) is 9.59 Å². The first kappa shape index (κ1) is 14.9. The van der Waals surface area contributed by atoms with E-state index in [9.17, 15) is 9.59 Å². The highest BCUT2D eigenvalue weighted by Crippen LogP contribution is 2.29. The maximum absolute atomic E-state index is 12.2. The van der Waals surface area contributed by atoms with Crippen LogP contribution in [0.5, 0.6) is 0 Å². The molecule has 18 heavy (non-hydrogen) atoms. The Labute approximate surface area is 107 Å². The number of esters is 1. The van der Waals surface area contributed by atoms with Crippen molar-refractivity contribution in [2.45, 2.75) is 19.8 Å². The first-order valence-electron chi connectivity index (χ1n) is 6.19. The highest BCUT2D eigenvalue weighted by atomic mass is 16.5. The number of amides is 1. The number of ether oxygens (including phenoxy) is 2. The Morgan fingerprint density at radius 1 is 1.44 bits per heavy atom. The molecule has 1 fully saturated rings. The fourth-order valence-corrected chi connectivity index (χ4v) is 2.00. The third-order valence-electron chi connectivity index (χ3n) is 3.49. The number of hydrogen-bond acceptors (Lipinski definition) is 5. The van der Waals surface area contributed by atoms with Crippen molar-refractivity contribution in [2.24, 2.45) is 17.1 Å². The fraction of sp³-hybridized carbons (Fsp3) is 0.833. The average Bonchev–Trinajstić information content (AvgIpc) is 2.43. The predicted octanol–water partition coefficient (Wildman–Crippen LogP) is -0.333. The van der Waals surface area contributed by atoms with Crippen LogP contribution >= 0.6 is 0 Å². The highest BCUT2D eigenvalue weighted by molar-refractivity contribution is 5.83. The van der Waals surface area contributed by atoms with Gasteiger partial charge in [0.05, 0.1) is 18.4 Å². The van der Waals surface area contributed by atoms with E-state index in [1.165, 1.54) is 7.11 Å². The smallest absolute Gasteiger partial charge is 0.310 e. The van der Waals surface area contributed by atoms with Gasteiger partial charge in [0.2, 0.25) is 5.91 Å². The number of nitrogens with one attached hydrogen (secondary N) is 1. The zero-order valence-electron chi connectivity index (χ0n) is 11.0. The third kappa shape index (κ3) is 3.43. The second-order valence-electron chi connectivity index (χ2n) is 4.73. The highest BCUT2D eigenvalue weighted by Gasteiger charge is 2.38. The summed E-state index contributed by atoms with van der Waals surface area (Å²) in [5.41, 5.74) is 5.18. The Bertz CT molecular complexity index is 300. The maximum Gasteiger partial charge on any atom is 0.310 e. The van der Waals surface area contributed by atoms with E-state index >= 15 is 0 Å². The Kier molecular flexibility index (Phi) is 5.55. The van der Waals surface area contributed by atoms with Crippen molar-refractivity contribution in [2.75, 3.05) is 33.4 Å². The van der Waals surface area contributed by atoms with E-state index in [1.54, 1.807) is 6.92 Å². The molecule has 0 aromatic heterocycles. The molecule has 0 aromatic rings. The van der Waals surface area contributed by atoms with Gasteiger partial charge < -0.3 is 20.5 Å². The van der Waals surface area contributed by atoms with Gasteiger partial charge >= 0.3 is 5.97 Å². The van der Waals surface area contributed by atoms with E-state index in [4.69, 9.17) is 10.5 Å². The fourth-order valence-electron chi connectivity index (χ4n) is 2.00. The van der Waals surface area contributed by atoms with Gasteiger partial charge in [0.25, 0.3) is 0 Å². The van der Waals surface area contributed by atoms with Crippen LogP contribution in [0.1, 0.15) is 19.8 Å². The Balaban J connectivity index is 2.50. The van der Waals surface area contributed by atoms with E-state index < -0.39 is 5.41 Å². The summed E-state index contributed by atoms with van der Waals surface area (Å²) in [6, 6.07) is 0. The number of carbonyl (C=O) groups is 2. The van der Waals surface area contributed by atoms with Crippen LogP contribution < -0.4 is 11.1 Å². The van der Waals surface area contributed by atoms with Crippen LogP contribution in [0, 0.1) is 11.3 Å². The molecule has 0 aliphatic carbocycles. The van der Waals surface area contributed by atoms with Gasteiger partial charge in [-0.2, -0.15) is 0 Å². The van der Waals surface area contributed by atoms with Crippen LogP contribution in [0.25, 0.3) is 0 Å². The summed E-state index contributed by atoms with van der Waals surface area (Å²) in [5.74, 6) is -0.776.